The Morgan fingerprint density at radius 2 is 2.14 bits per heavy atom. The van der Waals surface area contributed by atoms with Crippen LogP contribution in [0.5, 0.6) is 0 Å². The van der Waals surface area contributed by atoms with Crippen LogP contribution in [0.3, 0.4) is 0 Å². The van der Waals surface area contributed by atoms with Gasteiger partial charge in [-0.3, -0.25) is 0 Å². The summed E-state index contributed by atoms with van der Waals surface area (Å²) in [5.41, 5.74) is -0.531. The second kappa shape index (κ2) is 7.40. The Morgan fingerprint density at radius 3 is 2.67 bits per heavy atom. The van der Waals surface area contributed by atoms with Gasteiger partial charge >= 0.3 is 6.09 Å². The van der Waals surface area contributed by atoms with E-state index in [0.717, 1.165) is 5.82 Å². The standard InChI is InChI=1S/C14H26N4O3/c1-10(2)18-12(16-9-17-18)6-11(8-19)7-15-13(20)21-14(3,4)5/h9-11,19H,6-8H2,1-5H3,(H,15,20). The minimum atomic E-state index is -0.531. The van der Waals surface area contributed by atoms with Gasteiger partial charge in [0.1, 0.15) is 17.8 Å². The first-order valence-electron chi connectivity index (χ1n) is 7.19. The van der Waals surface area contributed by atoms with Gasteiger partial charge in [-0.05, 0) is 34.6 Å². The van der Waals surface area contributed by atoms with Crippen molar-refractivity contribution in [2.24, 2.45) is 5.92 Å². The van der Waals surface area contributed by atoms with Crippen LogP contribution in [-0.4, -0.2) is 44.7 Å². The number of carbonyl (C=O) groups is 1. The number of aliphatic hydroxyl groups excluding tert-OH is 1. The summed E-state index contributed by atoms with van der Waals surface area (Å²) in [6.45, 7) is 9.75. The predicted molar refractivity (Wildman–Crippen MR) is 78.9 cm³/mol. The second-order valence-corrected chi connectivity index (χ2v) is 6.35. The van der Waals surface area contributed by atoms with Gasteiger partial charge in [0.05, 0.1) is 0 Å². The third-order valence-electron chi connectivity index (χ3n) is 2.80. The van der Waals surface area contributed by atoms with E-state index < -0.39 is 11.7 Å². The molecule has 2 N–H and O–H groups in total. The topological polar surface area (TPSA) is 89.3 Å². The summed E-state index contributed by atoms with van der Waals surface area (Å²) in [4.78, 5) is 15.8. The Labute approximate surface area is 125 Å². The number of amides is 1. The van der Waals surface area contributed by atoms with Gasteiger partial charge in [0, 0.05) is 31.5 Å². The first-order valence-corrected chi connectivity index (χ1v) is 7.19. The summed E-state index contributed by atoms with van der Waals surface area (Å²) in [5, 5.41) is 16.3. The van der Waals surface area contributed by atoms with Gasteiger partial charge in [-0.25, -0.2) is 14.5 Å². The lowest BCUT2D eigenvalue weighted by Gasteiger charge is -2.21. The molecule has 1 aromatic rings. The quantitative estimate of drug-likeness (QED) is 0.831. The molecular formula is C14H26N4O3. The average Bonchev–Trinajstić information content (AvgIpc) is 2.80. The highest BCUT2D eigenvalue weighted by molar-refractivity contribution is 5.67. The summed E-state index contributed by atoms with van der Waals surface area (Å²) in [6.07, 6.45) is 1.57. The zero-order valence-electron chi connectivity index (χ0n) is 13.5. The monoisotopic (exact) mass is 298 g/mol. The molecule has 0 aliphatic rings. The predicted octanol–water partition coefficient (Wildman–Crippen LogP) is 1.53. The van der Waals surface area contributed by atoms with E-state index in [1.165, 1.54) is 6.33 Å². The van der Waals surface area contributed by atoms with Crippen LogP contribution in [0.15, 0.2) is 6.33 Å². The fourth-order valence-corrected chi connectivity index (χ4v) is 1.85. The van der Waals surface area contributed by atoms with Crippen molar-refractivity contribution in [3.05, 3.63) is 12.2 Å². The van der Waals surface area contributed by atoms with E-state index >= 15 is 0 Å². The van der Waals surface area contributed by atoms with E-state index in [-0.39, 0.29) is 18.6 Å². The number of alkyl carbamates (subject to hydrolysis) is 1. The maximum absolute atomic E-state index is 11.6. The molecule has 21 heavy (non-hydrogen) atoms. The largest absolute Gasteiger partial charge is 0.444 e. The maximum Gasteiger partial charge on any atom is 0.407 e. The second-order valence-electron chi connectivity index (χ2n) is 6.35. The first kappa shape index (κ1) is 17.4. The summed E-state index contributed by atoms with van der Waals surface area (Å²) in [7, 11) is 0. The lowest BCUT2D eigenvalue weighted by molar-refractivity contribution is 0.0512. The zero-order valence-corrected chi connectivity index (χ0v) is 13.5. The van der Waals surface area contributed by atoms with Crippen LogP contribution >= 0.6 is 0 Å². The van der Waals surface area contributed by atoms with Gasteiger partial charge in [-0.1, -0.05) is 0 Å². The van der Waals surface area contributed by atoms with Crippen molar-refractivity contribution >= 4 is 6.09 Å². The molecule has 7 heteroatoms. The molecule has 1 rings (SSSR count). The van der Waals surface area contributed by atoms with Crippen molar-refractivity contribution in [2.45, 2.75) is 52.7 Å². The average molecular weight is 298 g/mol. The molecule has 0 radical (unpaired) electrons. The summed E-state index contributed by atoms with van der Waals surface area (Å²) >= 11 is 0. The van der Waals surface area contributed by atoms with Crippen molar-refractivity contribution in [3.8, 4) is 0 Å². The van der Waals surface area contributed by atoms with Crippen LogP contribution in [0.4, 0.5) is 4.79 Å². The normalized spacial score (nSPS) is 13.3. The number of hydrogen-bond donors (Lipinski definition) is 2. The summed E-state index contributed by atoms with van der Waals surface area (Å²) in [6, 6.07) is 0.209. The minimum Gasteiger partial charge on any atom is -0.444 e. The zero-order chi connectivity index (χ0) is 16.0. The number of rotatable bonds is 6. The maximum atomic E-state index is 11.6. The van der Waals surface area contributed by atoms with Gasteiger partial charge in [0.15, 0.2) is 0 Å². The fraction of sp³-hybridized carbons (Fsp3) is 0.786. The van der Waals surface area contributed by atoms with Gasteiger partial charge in [-0.15, -0.1) is 0 Å². The third-order valence-corrected chi connectivity index (χ3v) is 2.80. The highest BCUT2D eigenvalue weighted by Crippen LogP contribution is 2.11. The molecule has 1 amide bonds. The number of ether oxygens (including phenoxy) is 1. The molecule has 120 valence electrons. The molecule has 0 spiro atoms. The van der Waals surface area contributed by atoms with E-state index in [4.69, 9.17) is 4.74 Å². The fourth-order valence-electron chi connectivity index (χ4n) is 1.85. The molecular weight excluding hydrogens is 272 g/mol. The van der Waals surface area contributed by atoms with Crippen LogP contribution in [-0.2, 0) is 11.2 Å². The number of hydrogen-bond acceptors (Lipinski definition) is 5. The van der Waals surface area contributed by atoms with Gasteiger partial charge in [-0.2, -0.15) is 5.10 Å². The van der Waals surface area contributed by atoms with Crippen LogP contribution in [0.1, 0.15) is 46.5 Å². The molecule has 0 saturated heterocycles. The van der Waals surface area contributed by atoms with E-state index in [0.29, 0.717) is 13.0 Å². The van der Waals surface area contributed by atoms with Crippen LogP contribution < -0.4 is 5.32 Å². The van der Waals surface area contributed by atoms with E-state index in [1.54, 1.807) is 20.8 Å². The smallest absolute Gasteiger partial charge is 0.407 e. The Balaban J connectivity index is 2.52. The molecule has 0 saturated carbocycles. The number of nitrogens with one attached hydrogen (secondary N) is 1. The highest BCUT2D eigenvalue weighted by atomic mass is 16.6. The minimum absolute atomic E-state index is 0.0409. The Bertz CT molecular complexity index is 451. The molecule has 1 atom stereocenters. The van der Waals surface area contributed by atoms with E-state index in [2.05, 4.69) is 15.4 Å². The summed E-state index contributed by atoms with van der Waals surface area (Å²) < 4.78 is 6.98. The first-order chi connectivity index (χ1) is 9.73. The van der Waals surface area contributed by atoms with Crippen molar-refractivity contribution in [2.75, 3.05) is 13.2 Å². The van der Waals surface area contributed by atoms with Gasteiger partial charge < -0.3 is 15.2 Å². The Kier molecular flexibility index (Phi) is 6.14. The van der Waals surface area contributed by atoms with E-state index in [9.17, 15) is 9.90 Å². The van der Waals surface area contributed by atoms with Gasteiger partial charge in [0.25, 0.3) is 0 Å². The van der Waals surface area contributed by atoms with Crippen molar-refractivity contribution in [3.63, 3.8) is 0 Å². The SMILES string of the molecule is CC(C)n1ncnc1CC(CO)CNC(=O)OC(C)(C)C. The molecule has 1 unspecified atom stereocenters. The molecule has 1 aromatic heterocycles. The third kappa shape index (κ3) is 6.12. The number of nitrogens with zero attached hydrogens (tertiary/aromatic N) is 3. The number of aliphatic hydroxyl groups is 1. The molecule has 0 bridgehead atoms. The van der Waals surface area contributed by atoms with Crippen molar-refractivity contribution < 1.29 is 14.6 Å². The van der Waals surface area contributed by atoms with Crippen molar-refractivity contribution in [1.29, 1.82) is 0 Å². The Morgan fingerprint density at radius 1 is 1.48 bits per heavy atom. The molecule has 1 heterocycles. The highest BCUT2D eigenvalue weighted by Gasteiger charge is 2.19. The molecule has 0 aliphatic carbocycles. The summed E-state index contributed by atoms with van der Waals surface area (Å²) in [5.74, 6) is 0.675. The number of carbonyl (C=O) groups excluding carboxylic acids is 1. The number of aromatic nitrogens is 3. The van der Waals surface area contributed by atoms with Crippen molar-refractivity contribution in [1.82, 2.24) is 20.1 Å². The molecule has 0 fully saturated rings. The van der Waals surface area contributed by atoms with Crippen LogP contribution in [0, 0.1) is 5.92 Å². The van der Waals surface area contributed by atoms with Gasteiger partial charge in [0.2, 0.25) is 0 Å². The molecule has 7 nitrogen and oxygen atoms in total. The Hall–Kier alpha value is -1.63. The van der Waals surface area contributed by atoms with Crippen LogP contribution in [0.25, 0.3) is 0 Å². The van der Waals surface area contributed by atoms with E-state index in [1.807, 2.05) is 18.5 Å². The molecule has 0 aromatic carbocycles. The lowest BCUT2D eigenvalue weighted by Crippen LogP contribution is -2.36. The molecule has 0 aliphatic heterocycles. The lowest BCUT2D eigenvalue weighted by atomic mass is 10.1. The van der Waals surface area contributed by atoms with Crippen LogP contribution in [0.2, 0.25) is 0 Å².